The highest BCUT2D eigenvalue weighted by Gasteiger charge is 2.28. The zero-order chi connectivity index (χ0) is 14.6. The Kier molecular flexibility index (Phi) is 4.69. The van der Waals surface area contributed by atoms with Crippen molar-refractivity contribution >= 4 is 11.7 Å². The molecule has 0 heterocycles. The third-order valence-electron chi connectivity index (χ3n) is 4.15. The van der Waals surface area contributed by atoms with E-state index in [0.29, 0.717) is 18.3 Å². The number of ether oxygens (including phenoxy) is 1. The van der Waals surface area contributed by atoms with Crippen molar-refractivity contribution in [3.63, 3.8) is 0 Å². The standard InChI is InChI=1S/C17H25NO2/c1-17(2)10-8-15(9-11-17)20-16(19)7-6-13-4-3-5-14(18)12-13/h3-5,12,15H,6-11,18H2,1-2H3. The molecule has 0 saturated heterocycles. The second-order valence-electron chi connectivity index (χ2n) is 6.60. The molecule has 20 heavy (non-hydrogen) atoms. The third kappa shape index (κ3) is 4.55. The molecule has 2 rings (SSSR count). The largest absolute Gasteiger partial charge is 0.462 e. The van der Waals surface area contributed by atoms with Crippen LogP contribution in [0.4, 0.5) is 5.69 Å². The average Bonchev–Trinajstić information content (AvgIpc) is 2.39. The van der Waals surface area contributed by atoms with Crippen LogP contribution in [0.25, 0.3) is 0 Å². The van der Waals surface area contributed by atoms with Gasteiger partial charge in [-0.2, -0.15) is 0 Å². The fraction of sp³-hybridized carbons (Fsp3) is 0.588. The van der Waals surface area contributed by atoms with E-state index >= 15 is 0 Å². The van der Waals surface area contributed by atoms with Crippen molar-refractivity contribution < 1.29 is 9.53 Å². The quantitative estimate of drug-likeness (QED) is 0.673. The predicted octanol–water partition coefficient (Wildman–Crippen LogP) is 3.71. The molecule has 1 saturated carbocycles. The zero-order valence-corrected chi connectivity index (χ0v) is 12.5. The van der Waals surface area contributed by atoms with Crippen LogP contribution in [-0.2, 0) is 16.0 Å². The first kappa shape index (κ1) is 14.9. The van der Waals surface area contributed by atoms with Gasteiger partial charge in [0.15, 0.2) is 0 Å². The molecule has 0 amide bonds. The summed E-state index contributed by atoms with van der Waals surface area (Å²) in [6, 6.07) is 7.67. The van der Waals surface area contributed by atoms with Crippen molar-refractivity contribution in [3.05, 3.63) is 29.8 Å². The van der Waals surface area contributed by atoms with E-state index < -0.39 is 0 Å². The van der Waals surface area contributed by atoms with Crippen LogP contribution in [-0.4, -0.2) is 12.1 Å². The number of aryl methyl sites for hydroxylation is 1. The number of esters is 1. The lowest BCUT2D eigenvalue weighted by atomic mass is 9.76. The summed E-state index contributed by atoms with van der Waals surface area (Å²) in [6.07, 6.45) is 5.52. The van der Waals surface area contributed by atoms with Gasteiger partial charge in [-0.3, -0.25) is 4.79 Å². The minimum atomic E-state index is -0.0860. The molecule has 2 N–H and O–H groups in total. The zero-order valence-electron chi connectivity index (χ0n) is 12.5. The highest BCUT2D eigenvalue weighted by molar-refractivity contribution is 5.70. The van der Waals surface area contributed by atoms with Gasteiger partial charge in [0.05, 0.1) is 0 Å². The van der Waals surface area contributed by atoms with Crippen molar-refractivity contribution in [3.8, 4) is 0 Å². The van der Waals surface area contributed by atoms with Crippen molar-refractivity contribution in [2.45, 2.75) is 58.5 Å². The van der Waals surface area contributed by atoms with Gasteiger partial charge in [-0.05, 0) is 55.2 Å². The molecule has 0 unspecified atom stereocenters. The number of anilines is 1. The van der Waals surface area contributed by atoms with Crippen LogP contribution in [0, 0.1) is 5.41 Å². The molecule has 3 nitrogen and oxygen atoms in total. The number of hydrogen-bond donors (Lipinski definition) is 1. The first-order valence-electron chi connectivity index (χ1n) is 7.48. The number of hydrogen-bond acceptors (Lipinski definition) is 3. The van der Waals surface area contributed by atoms with Crippen LogP contribution in [0.2, 0.25) is 0 Å². The lowest BCUT2D eigenvalue weighted by Gasteiger charge is -2.33. The fourth-order valence-electron chi connectivity index (χ4n) is 2.73. The van der Waals surface area contributed by atoms with Crippen molar-refractivity contribution in [1.29, 1.82) is 0 Å². The van der Waals surface area contributed by atoms with Crippen molar-refractivity contribution in [2.75, 3.05) is 5.73 Å². The Morgan fingerprint density at radius 1 is 1.35 bits per heavy atom. The molecule has 0 atom stereocenters. The first-order chi connectivity index (χ1) is 9.44. The van der Waals surface area contributed by atoms with Gasteiger partial charge in [0.2, 0.25) is 0 Å². The Labute approximate surface area is 121 Å². The molecule has 1 fully saturated rings. The summed E-state index contributed by atoms with van der Waals surface area (Å²) in [7, 11) is 0. The second-order valence-corrected chi connectivity index (χ2v) is 6.60. The van der Waals surface area contributed by atoms with Crippen molar-refractivity contribution in [1.82, 2.24) is 0 Å². The van der Waals surface area contributed by atoms with E-state index in [0.717, 1.165) is 36.9 Å². The molecule has 0 aromatic heterocycles. The molecular weight excluding hydrogens is 250 g/mol. The molecule has 1 aromatic rings. The topological polar surface area (TPSA) is 52.3 Å². The van der Waals surface area contributed by atoms with Gasteiger partial charge in [-0.25, -0.2) is 0 Å². The number of rotatable bonds is 4. The molecule has 0 radical (unpaired) electrons. The number of benzene rings is 1. The molecule has 0 spiro atoms. The van der Waals surface area contributed by atoms with E-state index in [1.165, 1.54) is 0 Å². The Hall–Kier alpha value is -1.51. The SMILES string of the molecule is CC1(C)CCC(OC(=O)CCc2cccc(N)c2)CC1. The lowest BCUT2D eigenvalue weighted by Crippen LogP contribution is -2.28. The molecule has 1 aliphatic carbocycles. The van der Waals surface area contributed by atoms with Crippen LogP contribution in [0.1, 0.15) is 51.5 Å². The van der Waals surface area contributed by atoms with Gasteiger partial charge < -0.3 is 10.5 Å². The van der Waals surface area contributed by atoms with E-state index in [9.17, 15) is 4.79 Å². The summed E-state index contributed by atoms with van der Waals surface area (Å²) in [5.74, 6) is -0.0860. The normalized spacial score (nSPS) is 18.7. The number of carbonyl (C=O) groups excluding carboxylic acids is 1. The maximum absolute atomic E-state index is 11.9. The minimum absolute atomic E-state index is 0.0860. The molecule has 3 heteroatoms. The highest BCUT2D eigenvalue weighted by Crippen LogP contribution is 2.36. The van der Waals surface area contributed by atoms with Gasteiger partial charge in [0.25, 0.3) is 0 Å². The summed E-state index contributed by atoms with van der Waals surface area (Å²) in [4.78, 5) is 11.9. The number of nitrogen functional groups attached to an aromatic ring is 1. The van der Waals surface area contributed by atoms with Crippen LogP contribution >= 0.6 is 0 Å². The average molecular weight is 275 g/mol. The maximum atomic E-state index is 11.9. The second kappa shape index (κ2) is 6.29. The van der Waals surface area contributed by atoms with Gasteiger partial charge >= 0.3 is 5.97 Å². The minimum Gasteiger partial charge on any atom is -0.462 e. The smallest absolute Gasteiger partial charge is 0.306 e. The van der Waals surface area contributed by atoms with Crippen molar-refractivity contribution in [2.24, 2.45) is 5.41 Å². The van der Waals surface area contributed by atoms with Gasteiger partial charge in [0, 0.05) is 12.1 Å². The van der Waals surface area contributed by atoms with Gasteiger partial charge in [-0.1, -0.05) is 26.0 Å². The Morgan fingerprint density at radius 2 is 2.05 bits per heavy atom. The van der Waals surface area contributed by atoms with Crippen LogP contribution < -0.4 is 5.73 Å². The maximum Gasteiger partial charge on any atom is 0.306 e. The lowest BCUT2D eigenvalue weighted by molar-refractivity contribution is -0.151. The Bertz CT molecular complexity index is 458. The third-order valence-corrected chi connectivity index (χ3v) is 4.15. The van der Waals surface area contributed by atoms with E-state index in [1.54, 1.807) is 0 Å². The van der Waals surface area contributed by atoms with E-state index in [1.807, 2.05) is 24.3 Å². The fourth-order valence-corrected chi connectivity index (χ4v) is 2.73. The molecule has 0 aliphatic heterocycles. The molecule has 0 bridgehead atoms. The molecular formula is C17H25NO2. The van der Waals surface area contributed by atoms with E-state index in [2.05, 4.69) is 13.8 Å². The van der Waals surface area contributed by atoms with Crippen LogP contribution in [0.15, 0.2) is 24.3 Å². The summed E-state index contributed by atoms with van der Waals surface area (Å²) >= 11 is 0. The Morgan fingerprint density at radius 3 is 2.70 bits per heavy atom. The molecule has 110 valence electrons. The van der Waals surface area contributed by atoms with E-state index in [4.69, 9.17) is 10.5 Å². The monoisotopic (exact) mass is 275 g/mol. The van der Waals surface area contributed by atoms with Crippen LogP contribution in [0.3, 0.4) is 0 Å². The molecule has 1 aliphatic rings. The molecule has 1 aromatic carbocycles. The van der Waals surface area contributed by atoms with Gasteiger partial charge in [0.1, 0.15) is 6.10 Å². The summed E-state index contributed by atoms with van der Waals surface area (Å²) < 4.78 is 5.57. The summed E-state index contributed by atoms with van der Waals surface area (Å²) in [5, 5.41) is 0. The van der Waals surface area contributed by atoms with Gasteiger partial charge in [-0.15, -0.1) is 0 Å². The summed E-state index contributed by atoms with van der Waals surface area (Å²) in [5.41, 5.74) is 7.96. The van der Waals surface area contributed by atoms with E-state index in [-0.39, 0.29) is 12.1 Å². The number of carbonyl (C=O) groups is 1. The number of nitrogens with two attached hydrogens (primary N) is 1. The van der Waals surface area contributed by atoms with Crippen LogP contribution in [0.5, 0.6) is 0 Å². The highest BCUT2D eigenvalue weighted by atomic mass is 16.5. The Balaban J connectivity index is 1.73. The first-order valence-corrected chi connectivity index (χ1v) is 7.48. The summed E-state index contributed by atoms with van der Waals surface area (Å²) in [6.45, 7) is 4.57. The predicted molar refractivity (Wildman–Crippen MR) is 81.3 cm³/mol.